The summed E-state index contributed by atoms with van der Waals surface area (Å²) in [6.07, 6.45) is 6.40. The molecule has 2 nitrogen and oxygen atoms in total. The zero-order valence-electron chi connectivity index (χ0n) is 14.8. The maximum absolute atomic E-state index is 13.3. The van der Waals surface area contributed by atoms with Crippen LogP contribution in [0.2, 0.25) is 0 Å². The van der Waals surface area contributed by atoms with Crippen molar-refractivity contribution < 1.29 is 4.79 Å². The van der Waals surface area contributed by atoms with Gasteiger partial charge in [0.25, 0.3) is 0 Å². The molecule has 2 heteroatoms. The van der Waals surface area contributed by atoms with Gasteiger partial charge in [-0.2, -0.15) is 0 Å². The van der Waals surface area contributed by atoms with Crippen molar-refractivity contribution >= 4 is 5.78 Å². The summed E-state index contributed by atoms with van der Waals surface area (Å²) in [6, 6.07) is 21.2. The van der Waals surface area contributed by atoms with E-state index in [1.165, 1.54) is 31.2 Å². The fraction of sp³-hybridized carbons (Fsp3) is 0.435. The maximum Gasteiger partial charge on any atom is 0.167 e. The van der Waals surface area contributed by atoms with E-state index in [0.717, 1.165) is 25.1 Å². The summed E-state index contributed by atoms with van der Waals surface area (Å²) in [7, 11) is 0. The van der Waals surface area contributed by atoms with Crippen LogP contribution in [0.3, 0.4) is 0 Å². The number of piperidine rings is 1. The normalized spacial score (nSPS) is 25.1. The van der Waals surface area contributed by atoms with Crippen LogP contribution in [-0.2, 0) is 0 Å². The molecule has 2 aromatic rings. The van der Waals surface area contributed by atoms with E-state index in [-0.39, 0.29) is 5.92 Å². The van der Waals surface area contributed by atoms with Gasteiger partial charge in [-0.1, -0.05) is 73.5 Å². The highest BCUT2D eigenvalue weighted by Crippen LogP contribution is 2.37. The molecule has 2 fully saturated rings. The highest BCUT2D eigenvalue weighted by molar-refractivity contribution is 5.98. The van der Waals surface area contributed by atoms with Crippen LogP contribution in [-0.4, -0.2) is 29.8 Å². The van der Waals surface area contributed by atoms with Crippen molar-refractivity contribution in [2.75, 3.05) is 13.1 Å². The molecule has 2 aliphatic rings. The molecule has 1 saturated carbocycles. The third-order valence-electron chi connectivity index (χ3n) is 6.11. The molecule has 25 heavy (non-hydrogen) atoms. The number of benzene rings is 2. The summed E-state index contributed by atoms with van der Waals surface area (Å²) in [5, 5.41) is 0. The first kappa shape index (κ1) is 16.5. The van der Waals surface area contributed by atoms with Crippen LogP contribution in [0.5, 0.6) is 0 Å². The lowest BCUT2D eigenvalue weighted by Crippen LogP contribution is -2.46. The van der Waals surface area contributed by atoms with Gasteiger partial charge < -0.3 is 0 Å². The summed E-state index contributed by atoms with van der Waals surface area (Å²) in [6.45, 7) is 2.04. The molecule has 4 rings (SSSR count). The second-order valence-electron chi connectivity index (χ2n) is 7.58. The van der Waals surface area contributed by atoms with E-state index in [1.54, 1.807) is 0 Å². The number of nitrogens with zero attached hydrogens (tertiary/aromatic N) is 1. The monoisotopic (exact) mass is 333 g/mol. The molecular formula is C23H27NO. The van der Waals surface area contributed by atoms with Gasteiger partial charge >= 0.3 is 0 Å². The Morgan fingerprint density at radius 1 is 0.840 bits per heavy atom. The van der Waals surface area contributed by atoms with Crippen molar-refractivity contribution in [3.8, 4) is 0 Å². The largest absolute Gasteiger partial charge is 0.300 e. The van der Waals surface area contributed by atoms with E-state index in [1.807, 2.05) is 30.3 Å². The fourth-order valence-electron chi connectivity index (χ4n) is 4.76. The molecule has 0 bridgehead atoms. The van der Waals surface area contributed by atoms with E-state index < -0.39 is 0 Å². The van der Waals surface area contributed by atoms with E-state index >= 15 is 0 Å². The molecule has 2 atom stereocenters. The third kappa shape index (κ3) is 3.55. The van der Waals surface area contributed by atoms with Gasteiger partial charge in [0, 0.05) is 24.1 Å². The quantitative estimate of drug-likeness (QED) is 0.740. The van der Waals surface area contributed by atoms with Crippen molar-refractivity contribution in [1.82, 2.24) is 4.90 Å². The van der Waals surface area contributed by atoms with Crippen molar-refractivity contribution in [3.05, 3.63) is 71.8 Å². The number of rotatable bonds is 4. The summed E-state index contributed by atoms with van der Waals surface area (Å²) in [5.41, 5.74) is 2.18. The number of hydrogen-bond acceptors (Lipinski definition) is 2. The Balaban J connectivity index is 1.61. The Hall–Kier alpha value is -1.93. The number of carbonyl (C=O) groups is 1. The summed E-state index contributed by atoms with van der Waals surface area (Å²) in [4.78, 5) is 15.9. The van der Waals surface area contributed by atoms with Gasteiger partial charge in [-0.15, -0.1) is 0 Å². The Morgan fingerprint density at radius 2 is 1.48 bits per heavy atom. The zero-order valence-corrected chi connectivity index (χ0v) is 14.8. The SMILES string of the molecule is O=C(c1ccccc1)[C@@H]1CN(C2CCCC2)CC[C@@H]1c1ccccc1. The highest BCUT2D eigenvalue weighted by Gasteiger charge is 2.38. The lowest BCUT2D eigenvalue weighted by atomic mass is 9.76. The number of carbonyl (C=O) groups excluding carboxylic acids is 1. The summed E-state index contributed by atoms with van der Waals surface area (Å²) in [5.74, 6) is 0.725. The van der Waals surface area contributed by atoms with Crippen molar-refractivity contribution in [1.29, 1.82) is 0 Å². The van der Waals surface area contributed by atoms with Crippen LogP contribution in [0.25, 0.3) is 0 Å². The minimum absolute atomic E-state index is 0.0687. The Bertz CT molecular complexity index is 691. The molecule has 1 saturated heterocycles. The predicted molar refractivity (Wildman–Crippen MR) is 102 cm³/mol. The first-order chi connectivity index (χ1) is 12.3. The average Bonchev–Trinajstić information content (AvgIpc) is 3.23. The minimum Gasteiger partial charge on any atom is -0.300 e. The lowest BCUT2D eigenvalue weighted by Gasteiger charge is -2.41. The maximum atomic E-state index is 13.3. The first-order valence-electron chi connectivity index (χ1n) is 9.71. The highest BCUT2D eigenvalue weighted by atomic mass is 16.1. The van der Waals surface area contributed by atoms with E-state index in [4.69, 9.17) is 0 Å². The number of likely N-dealkylation sites (tertiary alicyclic amines) is 1. The van der Waals surface area contributed by atoms with Crippen LogP contribution >= 0.6 is 0 Å². The van der Waals surface area contributed by atoms with Crippen molar-refractivity contribution in [2.45, 2.75) is 44.1 Å². The van der Waals surface area contributed by atoms with Gasteiger partial charge in [0.1, 0.15) is 0 Å². The van der Waals surface area contributed by atoms with Gasteiger partial charge in [-0.05, 0) is 37.3 Å². The first-order valence-corrected chi connectivity index (χ1v) is 9.71. The molecule has 1 heterocycles. The minimum atomic E-state index is 0.0687. The van der Waals surface area contributed by atoms with E-state index in [9.17, 15) is 4.79 Å². The molecule has 1 aliphatic heterocycles. The second kappa shape index (κ2) is 7.53. The summed E-state index contributed by atoms with van der Waals surface area (Å²) >= 11 is 0. The molecule has 1 aliphatic carbocycles. The molecule has 0 N–H and O–H groups in total. The van der Waals surface area contributed by atoms with Gasteiger partial charge in [0.15, 0.2) is 5.78 Å². The number of hydrogen-bond donors (Lipinski definition) is 0. The molecule has 2 aromatic carbocycles. The summed E-state index contributed by atoms with van der Waals surface area (Å²) < 4.78 is 0. The lowest BCUT2D eigenvalue weighted by molar-refractivity contribution is 0.0701. The zero-order chi connectivity index (χ0) is 17.1. The van der Waals surface area contributed by atoms with Gasteiger partial charge in [0.05, 0.1) is 0 Å². The standard InChI is InChI=1S/C23H27NO/c25-23(19-11-5-2-6-12-19)22-17-24(20-13-7-8-14-20)16-15-21(22)18-9-3-1-4-10-18/h1-6,9-12,20-22H,7-8,13-17H2/t21-,22-/m1/s1. The molecule has 0 amide bonds. The van der Waals surface area contributed by atoms with Gasteiger partial charge in [-0.3, -0.25) is 9.69 Å². The second-order valence-corrected chi connectivity index (χ2v) is 7.58. The van der Waals surface area contributed by atoms with Crippen LogP contribution in [0.1, 0.15) is 53.9 Å². The Kier molecular flexibility index (Phi) is 4.98. The topological polar surface area (TPSA) is 20.3 Å². The molecule has 0 aromatic heterocycles. The van der Waals surface area contributed by atoms with Crippen molar-refractivity contribution in [2.24, 2.45) is 5.92 Å². The average molecular weight is 333 g/mol. The predicted octanol–water partition coefficient (Wildman–Crippen LogP) is 4.92. The molecule has 0 unspecified atom stereocenters. The van der Waals surface area contributed by atoms with Gasteiger partial charge in [-0.25, -0.2) is 0 Å². The molecule has 130 valence electrons. The number of ketones is 1. The Morgan fingerprint density at radius 3 is 2.16 bits per heavy atom. The van der Waals surface area contributed by atoms with Crippen LogP contribution < -0.4 is 0 Å². The van der Waals surface area contributed by atoms with E-state index in [0.29, 0.717) is 17.7 Å². The fourth-order valence-corrected chi connectivity index (χ4v) is 4.76. The number of Topliss-reactive ketones (excluding diaryl/α,β-unsaturated/α-hetero) is 1. The van der Waals surface area contributed by atoms with E-state index in [2.05, 4.69) is 35.2 Å². The third-order valence-corrected chi connectivity index (χ3v) is 6.11. The van der Waals surface area contributed by atoms with Crippen LogP contribution in [0, 0.1) is 5.92 Å². The Labute approximate surface area is 150 Å². The smallest absolute Gasteiger partial charge is 0.167 e. The molecular weight excluding hydrogens is 306 g/mol. The van der Waals surface area contributed by atoms with Crippen molar-refractivity contribution in [3.63, 3.8) is 0 Å². The van der Waals surface area contributed by atoms with Crippen LogP contribution in [0.4, 0.5) is 0 Å². The van der Waals surface area contributed by atoms with Gasteiger partial charge in [0.2, 0.25) is 0 Å². The molecule has 0 radical (unpaired) electrons. The molecule has 0 spiro atoms. The van der Waals surface area contributed by atoms with Crippen LogP contribution in [0.15, 0.2) is 60.7 Å².